The van der Waals surface area contributed by atoms with Crippen molar-refractivity contribution in [2.75, 3.05) is 19.3 Å². The van der Waals surface area contributed by atoms with Gasteiger partial charge < -0.3 is 15.5 Å². The number of aliphatic imine (C=N–C) groups is 1. The number of amides is 1. The first kappa shape index (κ1) is 23.3. The highest BCUT2D eigenvalue weighted by molar-refractivity contribution is 14.0. The number of nitrogens with zero attached hydrogens (tertiary/aromatic N) is 2. The van der Waals surface area contributed by atoms with Crippen molar-refractivity contribution in [2.45, 2.75) is 63.4 Å². The monoisotopic (exact) mass is 516 g/mol. The van der Waals surface area contributed by atoms with Crippen molar-refractivity contribution >= 4 is 47.6 Å². The lowest BCUT2D eigenvalue weighted by Crippen LogP contribution is -2.42. The van der Waals surface area contributed by atoms with E-state index >= 15 is 0 Å². The standard InChI is InChI=1S/C21H32N4OS.HI/c1-3-22-21(24-18-10-11-19(13-18)27-2)23-14-16-7-4-5-8-17(16)15-25-12-6-9-20(25)26;/h4-5,7-8,18-19H,3,6,9-15H2,1-2H3,(H2,22,23,24);1H. The smallest absolute Gasteiger partial charge is 0.222 e. The summed E-state index contributed by atoms with van der Waals surface area (Å²) < 4.78 is 0. The van der Waals surface area contributed by atoms with E-state index in [0.29, 0.717) is 25.6 Å². The minimum absolute atomic E-state index is 0. The largest absolute Gasteiger partial charge is 0.357 e. The van der Waals surface area contributed by atoms with E-state index in [9.17, 15) is 4.79 Å². The van der Waals surface area contributed by atoms with E-state index in [1.807, 2.05) is 22.7 Å². The van der Waals surface area contributed by atoms with Crippen LogP contribution < -0.4 is 10.6 Å². The predicted molar refractivity (Wildman–Crippen MR) is 129 cm³/mol. The van der Waals surface area contributed by atoms with Crippen LogP contribution in [0.1, 0.15) is 50.2 Å². The number of nitrogens with one attached hydrogen (secondary N) is 2. The fourth-order valence-electron chi connectivity index (χ4n) is 3.91. The second-order valence-corrected chi connectivity index (χ2v) is 8.53. The van der Waals surface area contributed by atoms with Crippen LogP contribution in [-0.4, -0.2) is 47.4 Å². The third-order valence-corrected chi connectivity index (χ3v) is 6.56. The molecular formula is C21H33IN4OS. The molecule has 1 saturated heterocycles. The van der Waals surface area contributed by atoms with Crippen molar-refractivity contribution < 1.29 is 4.79 Å². The first-order valence-corrected chi connectivity index (χ1v) is 11.4. The topological polar surface area (TPSA) is 56.7 Å². The van der Waals surface area contributed by atoms with Gasteiger partial charge in [0.2, 0.25) is 5.91 Å². The van der Waals surface area contributed by atoms with Crippen LogP contribution in [0, 0.1) is 0 Å². The van der Waals surface area contributed by atoms with E-state index in [-0.39, 0.29) is 29.9 Å². The Bertz CT molecular complexity index is 670. The van der Waals surface area contributed by atoms with Crippen molar-refractivity contribution in [3.05, 3.63) is 35.4 Å². The summed E-state index contributed by atoms with van der Waals surface area (Å²) in [4.78, 5) is 18.8. The molecule has 1 saturated carbocycles. The summed E-state index contributed by atoms with van der Waals surface area (Å²) >= 11 is 1.97. The first-order chi connectivity index (χ1) is 13.2. The Morgan fingerprint density at radius 3 is 2.71 bits per heavy atom. The van der Waals surface area contributed by atoms with Crippen LogP contribution in [0.2, 0.25) is 0 Å². The normalized spacial score (nSPS) is 22.3. The fraction of sp³-hybridized carbons (Fsp3) is 0.619. The fourth-order valence-corrected chi connectivity index (χ4v) is 4.70. The summed E-state index contributed by atoms with van der Waals surface area (Å²) in [7, 11) is 0. The highest BCUT2D eigenvalue weighted by atomic mass is 127. The van der Waals surface area contributed by atoms with Gasteiger partial charge in [0.05, 0.1) is 6.54 Å². The number of carbonyl (C=O) groups is 1. The summed E-state index contributed by atoms with van der Waals surface area (Å²) in [6, 6.07) is 8.87. The molecular weight excluding hydrogens is 483 g/mol. The summed E-state index contributed by atoms with van der Waals surface area (Å²) in [6.45, 7) is 5.16. The van der Waals surface area contributed by atoms with Crippen molar-refractivity contribution in [2.24, 2.45) is 4.99 Å². The Labute approximate surface area is 190 Å². The van der Waals surface area contributed by atoms with Gasteiger partial charge in [-0.3, -0.25) is 4.79 Å². The van der Waals surface area contributed by atoms with Crippen LogP contribution in [0.3, 0.4) is 0 Å². The lowest BCUT2D eigenvalue weighted by molar-refractivity contribution is -0.128. The summed E-state index contributed by atoms with van der Waals surface area (Å²) in [6.07, 6.45) is 7.57. The molecule has 2 atom stereocenters. The van der Waals surface area contributed by atoms with E-state index in [2.05, 4.69) is 42.0 Å². The Kier molecular flexibility index (Phi) is 9.91. The van der Waals surface area contributed by atoms with Crippen molar-refractivity contribution in [3.63, 3.8) is 0 Å². The van der Waals surface area contributed by atoms with Crippen LogP contribution >= 0.6 is 35.7 Å². The Morgan fingerprint density at radius 2 is 2.07 bits per heavy atom. The molecule has 0 radical (unpaired) electrons. The van der Waals surface area contributed by atoms with Gasteiger partial charge in [0, 0.05) is 37.3 Å². The van der Waals surface area contributed by atoms with Gasteiger partial charge in [0.15, 0.2) is 5.96 Å². The van der Waals surface area contributed by atoms with Crippen LogP contribution in [-0.2, 0) is 17.9 Å². The zero-order valence-electron chi connectivity index (χ0n) is 16.9. The molecule has 2 fully saturated rings. The van der Waals surface area contributed by atoms with Gasteiger partial charge in [-0.25, -0.2) is 4.99 Å². The van der Waals surface area contributed by atoms with Gasteiger partial charge in [0.1, 0.15) is 0 Å². The molecule has 3 rings (SSSR count). The molecule has 1 aromatic rings. The lowest BCUT2D eigenvalue weighted by atomic mass is 10.1. The Hall–Kier alpha value is -0.960. The number of carbonyl (C=O) groups excluding carboxylic acids is 1. The zero-order chi connectivity index (χ0) is 19.1. The first-order valence-electron chi connectivity index (χ1n) is 10.1. The van der Waals surface area contributed by atoms with Crippen LogP contribution in [0.5, 0.6) is 0 Å². The summed E-state index contributed by atoms with van der Waals surface area (Å²) in [5, 5.41) is 7.76. The third-order valence-electron chi connectivity index (χ3n) is 5.46. The quantitative estimate of drug-likeness (QED) is 0.329. The van der Waals surface area contributed by atoms with Crippen molar-refractivity contribution in [3.8, 4) is 0 Å². The minimum atomic E-state index is 0. The van der Waals surface area contributed by atoms with Gasteiger partial charge >= 0.3 is 0 Å². The summed E-state index contributed by atoms with van der Waals surface area (Å²) in [5.41, 5.74) is 2.40. The summed E-state index contributed by atoms with van der Waals surface area (Å²) in [5.74, 6) is 1.17. The number of thioether (sulfide) groups is 1. The lowest BCUT2D eigenvalue weighted by Gasteiger charge is -2.19. The number of hydrogen-bond acceptors (Lipinski definition) is 3. The average Bonchev–Trinajstić information content (AvgIpc) is 3.30. The van der Waals surface area contributed by atoms with Gasteiger partial charge in [-0.1, -0.05) is 24.3 Å². The molecule has 28 heavy (non-hydrogen) atoms. The molecule has 0 aromatic heterocycles. The number of benzene rings is 1. The second kappa shape index (κ2) is 11.9. The van der Waals surface area contributed by atoms with Gasteiger partial charge in [0.25, 0.3) is 0 Å². The number of halogens is 1. The molecule has 1 amide bonds. The van der Waals surface area contributed by atoms with Gasteiger partial charge in [-0.05, 0) is 50.0 Å². The number of rotatable bonds is 7. The molecule has 1 aliphatic heterocycles. The maximum atomic E-state index is 12.0. The third kappa shape index (κ3) is 6.54. The maximum absolute atomic E-state index is 12.0. The highest BCUT2D eigenvalue weighted by Gasteiger charge is 2.24. The Balaban J connectivity index is 0.00000280. The van der Waals surface area contributed by atoms with Crippen LogP contribution in [0.4, 0.5) is 0 Å². The number of guanidine groups is 1. The molecule has 2 unspecified atom stereocenters. The van der Waals surface area contributed by atoms with E-state index in [0.717, 1.165) is 30.7 Å². The molecule has 156 valence electrons. The SMILES string of the molecule is CCNC(=NCc1ccccc1CN1CCCC1=O)NC1CCC(SC)C1.I. The molecule has 1 aliphatic carbocycles. The minimum Gasteiger partial charge on any atom is -0.357 e. The van der Waals surface area contributed by atoms with E-state index < -0.39 is 0 Å². The zero-order valence-corrected chi connectivity index (χ0v) is 20.1. The highest BCUT2D eigenvalue weighted by Crippen LogP contribution is 2.28. The van der Waals surface area contributed by atoms with Crippen molar-refractivity contribution in [1.82, 2.24) is 15.5 Å². The number of likely N-dealkylation sites (tertiary alicyclic amines) is 1. The molecule has 1 heterocycles. The molecule has 0 bridgehead atoms. The molecule has 0 spiro atoms. The molecule has 7 heteroatoms. The van der Waals surface area contributed by atoms with E-state index in [1.165, 1.54) is 30.4 Å². The van der Waals surface area contributed by atoms with Crippen molar-refractivity contribution in [1.29, 1.82) is 0 Å². The molecule has 5 nitrogen and oxygen atoms in total. The predicted octanol–water partition coefficient (Wildman–Crippen LogP) is 3.77. The van der Waals surface area contributed by atoms with Crippen LogP contribution in [0.15, 0.2) is 29.3 Å². The van der Waals surface area contributed by atoms with E-state index in [4.69, 9.17) is 4.99 Å². The molecule has 2 N–H and O–H groups in total. The van der Waals surface area contributed by atoms with Crippen LogP contribution in [0.25, 0.3) is 0 Å². The second-order valence-electron chi connectivity index (χ2n) is 7.39. The number of hydrogen-bond donors (Lipinski definition) is 2. The molecule has 2 aliphatic rings. The van der Waals surface area contributed by atoms with Gasteiger partial charge in [-0.15, -0.1) is 24.0 Å². The average molecular weight is 516 g/mol. The van der Waals surface area contributed by atoms with Gasteiger partial charge in [-0.2, -0.15) is 11.8 Å². The van der Waals surface area contributed by atoms with E-state index in [1.54, 1.807) is 0 Å². The molecule has 1 aromatic carbocycles. The Morgan fingerprint density at radius 1 is 1.29 bits per heavy atom. The maximum Gasteiger partial charge on any atom is 0.222 e.